The van der Waals surface area contributed by atoms with Crippen LogP contribution in [0.3, 0.4) is 0 Å². The lowest BCUT2D eigenvalue weighted by atomic mass is 9.99. The molecule has 1 aromatic rings. The lowest BCUT2D eigenvalue weighted by molar-refractivity contribution is -0.149. The summed E-state index contributed by atoms with van der Waals surface area (Å²) >= 11 is 0. The first-order valence-corrected chi connectivity index (χ1v) is 11.4. The van der Waals surface area contributed by atoms with Crippen LogP contribution < -0.4 is 0 Å². The first-order chi connectivity index (χ1) is 16.4. The first-order valence-electron chi connectivity index (χ1n) is 11.4. The van der Waals surface area contributed by atoms with Gasteiger partial charge in [-0.15, -0.1) is 0 Å². The number of piperidine rings is 1. The fourth-order valence-corrected chi connectivity index (χ4v) is 4.20. The molecule has 0 unspecified atom stereocenters. The van der Waals surface area contributed by atoms with Crippen LogP contribution in [0.5, 0.6) is 0 Å². The van der Waals surface area contributed by atoms with Gasteiger partial charge in [-0.3, -0.25) is 24.0 Å². The standard InChI is InChI=1S/C20H35N5O3.2CH2O2/c1-22(9-11-27-3)16-19(26)25-10-12-28-18(15-24-7-5-4-6-8-24)20(25)17-13-21-23(2)14-17;2*2-1-3/h13-14,18,20H,4-12,15-16H2,1-3H3;2*1H,(H,2,3)/t18-,20-;;/m0../s1. The van der Waals surface area contributed by atoms with Crippen molar-refractivity contribution in [2.75, 3.05) is 66.6 Å². The Labute approximate surface area is 201 Å². The fourth-order valence-electron chi connectivity index (χ4n) is 4.20. The maximum absolute atomic E-state index is 13.1. The zero-order valence-corrected chi connectivity index (χ0v) is 20.4. The van der Waals surface area contributed by atoms with Crippen LogP contribution in [-0.2, 0) is 30.9 Å². The van der Waals surface area contributed by atoms with Crippen LogP contribution >= 0.6 is 0 Å². The molecule has 1 amide bonds. The number of aromatic nitrogens is 2. The minimum Gasteiger partial charge on any atom is -0.483 e. The highest BCUT2D eigenvalue weighted by Gasteiger charge is 2.38. The van der Waals surface area contributed by atoms with Gasteiger partial charge in [-0.1, -0.05) is 6.42 Å². The van der Waals surface area contributed by atoms with Crippen LogP contribution in [0.15, 0.2) is 12.4 Å². The second-order valence-corrected chi connectivity index (χ2v) is 8.19. The number of ether oxygens (including phenoxy) is 2. The largest absolute Gasteiger partial charge is 0.483 e. The molecule has 2 fully saturated rings. The van der Waals surface area contributed by atoms with Crippen molar-refractivity contribution in [1.82, 2.24) is 24.5 Å². The van der Waals surface area contributed by atoms with Crippen molar-refractivity contribution >= 4 is 18.9 Å². The van der Waals surface area contributed by atoms with E-state index in [4.69, 9.17) is 29.3 Å². The normalized spacial score (nSPS) is 20.5. The van der Waals surface area contributed by atoms with Gasteiger partial charge in [0.2, 0.25) is 5.91 Å². The van der Waals surface area contributed by atoms with E-state index in [-0.39, 0.29) is 31.0 Å². The molecule has 0 saturated carbocycles. The van der Waals surface area contributed by atoms with Gasteiger partial charge >= 0.3 is 0 Å². The topological polar surface area (TPSA) is 138 Å². The molecule has 12 heteroatoms. The summed E-state index contributed by atoms with van der Waals surface area (Å²) in [7, 11) is 5.56. The summed E-state index contributed by atoms with van der Waals surface area (Å²) in [4.78, 5) is 36.4. The quantitative estimate of drug-likeness (QED) is 0.490. The number of methoxy groups -OCH3 is 1. The van der Waals surface area contributed by atoms with Gasteiger partial charge in [0.1, 0.15) is 0 Å². The molecule has 12 nitrogen and oxygen atoms in total. The maximum atomic E-state index is 13.1. The van der Waals surface area contributed by atoms with E-state index in [0.29, 0.717) is 26.3 Å². The van der Waals surface area contributed by atoms with Gasteiger partial charge in [0.25, 0.3) is 12.9 Å². The van der Waals surface area contributed by atoms with E-state index >= 15 is 0 Å². The van der Waals surface area contributed by atoms with Crippen molar-refractivity contribution in [1.29, 1.82) is 0 Å². The highest BCUT2D eigenvalue weighted by atomic mass is 16.5. The molecule has 0 bridgehead atoms. The molecule has 3 heterocycles. The Morgan fingerprint density at radius 2 is 1.88 bits per heavy atom. The van der Waals surface area contributed by atoms with Gasteiger partial charge in [0.05, 0.1) is 38.1 Å². The molecule has 2 saturated heterocycles. The molecule has 0 spiro atoms. The lowest BCUT2D eigenvalue weighted by Gasteiger charge is -2.43. The minimum atomic E-state index is -0.250. The highest BCUT2D eigenvalue weighted by Crippen LogP contribution is 2.30. The molecule has 0 radical (unpaired) electrons. The van der Waals surface area contributed by atoms with E-state index < -0.39 is 0 Å². The Hall–Kier alpha value is -2.54. The summed E-state index contributed by atoms with van der Waals surface area (Å²) < 4.78 is 13.1. The van der Waals surface area contributed by atoms with Gasteiger partial charge < -0.3 is 29.5 Å². The summed E-state index contributed by atoms with van der Waals surface area (Å²) in [6.45, 7) is 5.55. The summed E-state index contributed by atoms with van der Waals surface area (Å²) in [5, 5.41) is 18.1. The van der Waals surface area contributed by atoms with Crippen LogP contribution in [-0.4, -0.2) is 126 Å². The molecule has 0 aromatic carbocycles. The number of carbonyl (C=O) groups excluding carboxylic acids is 1. The first kappa shape index (κ1) is 29.5. The third-order valence-corrected chi connectivity index (χ3v) is 5.71. The summed E-state index contributed by atoms with van der Waals surface area (Å²) in [6, 6.07) is -0.0901. The lowest BCUT2D eigenvalue weighted by Crippen LogP contribution is -2.54. The number of amides is 1. The van der Waals surface area contributed by atoms with Crippen molar-refractivity contribution in [3.05, 3.63) is 18.0 Å². The smallest absolute Gasteiger partial charge is 0.290 e. The van der Waals surface area contributed by atoms with Crippen LogP contribution in [0, 0.1) is 0 Å². The SMILES string of the molecule is COCCN(C)CC(=O)N1CCO[C@@H](CN2CCCCC2)[C@@H]1c1cnn(C)c1.O=CO.O=CO. The molecule has 2 aliphatic heterocycles. The van der Waals surface area contributed by atoms with Gasteiger partial charge in [0, 0.05) is 45.6 Å². The van der Waals surface area contributed by atoms with E-state index in [0.717, 1.165) is 31.7 Å². The van der Waals surface area contributed by atoms with Crippen LogP contribution in [0.4, 0.5) is 0 Å². The molecule has 1 aromatic heterocycles. The van der Waals surface area contributed by atoms with Crippen molar-refractivity contribution in [3.63, 3.8) is 0 Å². The van der Waals surface area contributed by atoms with E-state index in [2.05, 4.69) is 10.00 Å². The number of hydrogen-bond donors (Lipinski definition) is 2. The van der Waals surface area contributed by atoms with E-state index in [1.165, 1.54) is 19.3 Å². The minimum absolute atomic E-state index is 0.0238. The maximum Gasteiger partial charge on any atom is 0.290 e. The van der Waals surface area contributed by atoms with E-state index in [1.54, 1.807) is 11.8 Å². The number of morpholine rings is 1. The third kappa shape index (κ3) is 10.2. The molecule has 2 N–H and O–H groups in total. The number of carbonyl (C=O) groups is 3. The predicted molar refractivity (Wildman–Crippen MR) is 124 cm³/mol. The molecular weight excluding hydrogens is 446 g/mol. The monoisotopic (exact) mass is 485 g/mol. The second-order valence-electron chi connectivity index (χ2n) is 8.19. The number of rotatable bonds is 8. The number of carboxylic acid groups (broad SMARTS) is 2. The fraction of sp³-hybridized carbons (Fsp3) is 0.727. The van der Waals surface area contributed by atoms with Crippen LogP contribution in [0.25, 0.3) is 0 Å². The number of likely N-dealkylation sites (N-methyl/N-ethyl adjacent to an activating group) is 1. The Morgan fingerprint density at radius 1 is 1.24 bits per heavy atom. The van der Waals surface area contributed by atoms with E-state index in [1.807, 2.05) is 36.3 Å². The Kier molecular flexibility index (Phi) is 14.7. The highest BCUT2D eigenvalue weighted by molar-refractivity contribution is 5.79. The molecule has 2 aliphatic rings. The number of likely N-dealkylation sites (tertiary alicyclic amines) is 1. The molecular formula is C22H39N5O7. The Bertz CT molecular complexity index is 706. The number of nitrogens with zero attached hydrogens (tertiary/aromatic N) is 5. The number of aryl methyl sites for hydroxylation is 1. The molecule has 0 aliphatic carbocycles. The predicted octanol–water partition coefficient (Wildman–Crippen LogP) is 0.154. The van der Waals surface area contributed by atoms with Crippen molar-refractivity contribution in [2.45, 2.75) is 31.4 Å². The second kappa shape index (κ2) is 17.0. The average molecular weight is 486 g/mol. The van der Waals surface area contributed by atoms with Gasteiger partial charge in [-0.2, -0.15) is 5.10 Å². The Balaban J connectivity index is 0.000000872. The zero-order valence-electron chi connectivity index (χ0n) is 20.4. The van der Waals surface area contributed by atoms with Crippen molar-refractivity contribution < 1.29 is 34.1 Å². The molecule has 2 atom stereocenters. The van der Waals surface area contributed by atoms with Gasteiger partial charge in [-0.25, -0.2) is 0 Å². The molecule has 194 valence electrons. The van der Waals surface area contributed by atoms with Crippen LogP contribution in [0.2, 0.25) is 0 Å². The average Bonchev–Trinajstić information content (AvgIpc) is 3.25. The molecule has 3 rings (SSSR count). The third-order valence-electron chi connectivity index (χ3n) is 5.71. The molecule has 34 heavy (non-hydrogen) atoms. The zero-order chi connectivity index (χ0) is 25.3. The summed E-state index contributed by atoms with van der Waals surface area (Å²) in [6.07, 6.45) is 7.67. The number of hydrogen-bond acceptors (Lipinski definition) is 8. The van der Waals surface area contributed by atoms with Gasteiger partial charge in [0.15, 0.2) is 0 Å². The van der Waals surface area contributed by atoms with E-state index in [9.17, 15) is 4.79 Å². The van der Waals surface area contributed by atoms with Crippen molar-refractivity contribution in [2.24, 2.45) is 7.05 Å². The summed E-state index contributed by atoms with van der Waals surface area (Å²) in [5.74, 6) is 0.138. The summed E-state index contributed by atoms with van der Waals surface area (Å²) in [5.41, 5.74) is 1.05. The van der Waals surface area contributed by atoms with Crippen LogP contribution in [0.1, 0.15) is 30.9 Å². The van der Waals surface area contributed by atoms with Crippen molar-refractivity contribution in [3.8, 4) is 0 Å². The Morgan fingerprint density at radius 3 is 2.44 bits per heavy atom. The van der Waals surface area contributed by atoms with Gasteiger partial charge in [-0.05, 0) is 33.0 Å².